The van der Waals surface area contributed by atoms with Gasteiger partial charge in [0, 0.05) is 6.07 Å². The third-order valence-corrected chi connectivity index (χ3v) is 4.67. The summed E-state index contributed by atoms with van der Waals surface area (Å²) in [6.45, 7) is 2.06. The first-order valence-corrected chi connectivity index (χ1v) is 8.11. The monoisotopic (exact) mass is 325 g/mol. The Hall–Kier alpha value is -2.69. The van der Waals surface area contributed by atoms with Crippen LogP contribution in [0.2, 0.25) is 0 Å². The molecule has 1 fully saturated rings. The number of unbranched alkanes of at least 4 members (excludes halogenated alkanes) is 1. The first-order chi connectivity index (χ1) is 11.6. The van der Waals surface area contributed by atoms with Crippen molar-refractivity contribution in [3.63, 3.8) is 0 Å². The van der Waals surface area contributed by atoms with Gasteiger partial charge in [-0.15, -0.1) is 0 Å². The van der Waals surface area contributed by atoms with Crippen LogP contribution in [0.15, 0.2) is 54.6 Å². The maximum atomic E-state index is 12.5. The number of rotatable bonds is 6. The summed E-state index contributed by atoms with van der Waals surface area (Å²) in [5.41, 5.74) is 0.468. The zero-order valence-electron chi connectivity index (χ0n) is 13.5. The molecule has 0 N–H and O–H groups in total. The highest BCUT2D eigenvalue weighted by molar-refractivity contribution is 5.90. The van der Waals surface area contributed by atoms with Gasteiger partial charge in [0.2, 0.25) is 0 Å². The van der Waals surface area contributed by atoms with Crippen LogP contribution in [0, 0.1) is 10.1 Å². The van der Waals surface area contributed by atoms with Crippen LogP contribution in [0.5, 0.6) is 0 Å². The summed E-state index contributed by atoms with van der Waals surface area (Å²) in [6.07, 6.45) is 1.77. The molecule has 1 heterocycles. The number of nitro benzene ring substituents is 1. The topological polar surface area (TPSA) is 69.4 Å². The molecule has 0 unspecified atom stereocenters. The van der Waals surface area contributed by atoms with Gasteiger partial charge in [0.05, 0.1) is 10.5 Å². The Kier molecular flexibility index (Phi) is 4.34. The highest BCUT2D eigenvalue weighted by atomic mass is 16.6. The Morgan fingerprint density at radius 2 is 1.79 bits per heavy atom. The van der Waals surface area contributed by atoms with E-state index in [-0.39, 0.29) is 11.7 Å². The van der Waals surface area contributed by atoms with Crippen molar-refractivity contribution in [2.75, 3.05) is 0 Å². The molecule has 0 saturated carbocycles. The zero-order chi connectivity index (χ0) is 17.2. The number of esters is 1. The minimum Gasteiger partial charge on any atom is -0.455 e. The number of benzene rings is 2. The number of hydrogen-bond acceptors (Lipinski definition) is 4. The Morgan fingerprint density at radius 3 is 2.42 bits per heavy atom. The summed E-state index contributed by atoms with van der Waals surface area (Å²) >= 11 is 0. The smallest absolute Gasteiger partial charge is 0.321 e. The molecular weight excluding hydrogens is 306 g/mol. The maximum Gasteiger partial charge on any atom is 0.321 e. The molecular formula is C19H19NO4. The average molecular weight is 325 g/mol. The number of ether oxygens (including phenoxy) is 1. The van der Waals surface area contributed by atoms with E-state index in [1.165, 1.54) is 6.07 Å². The third-order valence-electron chi connectivity index (χ3n) is 4.67. The molecule has 124 valence electrons. The van der Waals surface area contributed by atoms with Gasteiger partial charge in [0.25, 0.3) is 5.69 Å². The number of carbonyl (C=O) groups is 1. The van der Waals surface area contributed by atoms with Crippen molar-refractivity contribution in [2.24, 2.45) is 0 Å². The van der Waals surface area contributed by atoms with Gasteiger partial charge in [0.1, 0.15) is 5.41 Å². The van der Waals surface area contributed by atoms with E-state index in [2.05, 4.69) is 6.92 Å². The number of hydrogen-bond donors (Lipinski definition) is 0. The lowest BCUT2D eigenvalue weighted by Crippen LogP contribution is -2.54. The van der Waals surface area contributed by atoms with Crippen LogP contribution >= 0.6 is 0 Å². The first kappa shape index (κ1) is 16.2. The van der Waals surface area contributed by atoms with E-state index in [9.17, 15) is 14.9 Å². The van der Waals surface area contributed by atoms with Crippen molar-refractivity contribution in [3.05, 3.63) is 75.8 Å². The maximum absolute atomic E-state index is 12.5. The van der Waals surface area contributed by atoms with E-state index in [0.29, 0.717) is 12.0 Å². The molecule has 3 rings (SSSR count). The van der Waals surface area contributed by atoms with Gasteiger partial charge in [-0.05, 0) is 18.1 Å². The molecule has 1 aliphatic heterocycles. The second-order valence-corrected chi connectivity index (χ2v) is 6.04. The molecule has 1 aliphatic rings. The van der Waals surface area contributed by atoms with Gasteiger partial charge in [-0.3, -0.25) is 14.9 Å². The van der Waals surface area contributed by atoms with E-state index in [1.54, 1.807) is 18.2 Å². The predicted octanol–water partition coefficient (Wildman–Crippen LogP) is 4.32. The standard InChI is InChI=1S/C19H19NO4/c1-2-3-13-19(14-9-5-4-6-10-14)17(24-18(19)21)15-11-7-8-12-16(15)20(22)23/h4-12,17H,2-3,13H2,1H3/t17-,19+/m1/s1. The van der Waals surface area contributed by atoms with Crippen molar-refractivity contribution in [1.29, 1.82) is 0 Å². The SMILES string of the molecule is CCCC[C@@]1(c2ccccc2)C(=O)O[C@@H]1c1ccccc1[N+](=O)[O-]. The van der Waals surface area contributed by atoms with Crippen LogP contribution in [0.1, 0.15) is 43.4 Å². The molecule has 0 aliphatic carbocycles. The molecule has 5 heteroatoms. The Morgan fingerprint density at radius 1 is 1.12 bits per heavy atom. The van der Waals surface area contributed by atoms with E-state index >= 15 is 0 Å². The number of nitrogens with zero attached hydrogens (tertiary/aromatic N) is 1. The van der Waals surface area contributed by atoms with Crippen LogP contribution in [0.3, 0.4) is 0 Å². The fraction of sp³-hybridized carbons (Fsp3) is 0.316. The normalized spacial score (nSPS) is 22.5. The number of para-hydroxylation sites is 1. The Labute approximate surface area is 140 Å². The predicted molar refractivity (Wildman–Crippen MR) is 89.6 cm³/mol. The quantitative estimate of drug-likeness (QED) is 0.450. The largest absolute Gasteiger partial charge is 0.455 e. The summed E-state index contributed by atoms with van der Waals surface area (Å²) in [5, 5.41) is 11.4. The second-order valence-electron chi connectivity index (χ2n) is 6.04. The van der Waals surface area contributed by atoms with Crippen molar-refractivity contribution in [1.82, 2.24) is 0 Å². The van der Waals surface area contributed by atoms with E-state index in [4.69, 9.17) is 4.74 Å². The van der Waals surface area contributed by atoms with Crippen LogP contribution in [-0.4, -0.2) is 10.9 Å². The Balaban J connectivity index is 2.11. The molecule has 5 nitrogen and oxygen atoms in total. The molecule has 1 saturated heterocycles. The second kappa shape index (κ2) is 6.43. The molecule has 0 amide bonds. The number of carbonyl (C=O) groups excluding carboxylic acids is 1. The first-order valence-electron chi connectivity index (χ1n) is 8.11. The summed E-state index contributed by atoms with van der Waals surface area (Å²) in [4.78, 5) is 23.5. The molecule has 0 spiro atoms. The average Bonchev–Trinajstić information content (AvgIpc) is 2.61. The Bertz CT molecular complexity index is 759. The van der Waals surface area contributed by atoms with E-state index in [0.717, 1.165) is 18.4 Å². The lowest BCUT2D eigenvalue weighted by molar-refractivity contribution is -0.386. The lowest BCUT2D eigenvalue weighted by Gasteiger charge is -2.47. The molecule has 2 aromatic carbocycles. The van der Waals surface area contributed by atoms with Crippen LogP contribution in [-0.2, 0) is 14.9 Å². The van der Waals surface area contributed by atoms with Gasteiger partial charge in [-0.25, -0.2) is 0 Å². The van der Waals surface area contributed by atoms with Gasteiger partial charge < -0.3 is 4.74 Å². The summed E-state index contributed by atoms with van der Waals surface area (Å²) < 4.78 is 5.44. The third kappa shape index (κ3) is 2.46. The van der Waals surface area contributed by atoms with Crippen LogP contribution < -0.4 is 0 Å². The van der Waals surface area contributed by atoms with Gasteiger partial charge in [-0.1, -0.05) is 62.2 Å². The number of cyclic esters (lactones) is 1. The zero-order valence-corrected chi connectivity index (χ0v) is 13.5. The molecule has 24 heavy (non-hydrogen) atoms. The highest BCUT2D eigenvalue weighted by Crippen LogP contribution is 2.54. The fourth-order valence-electron chi connectivity index (χ4n) is 3.40. The van der Waals surface area contributed by atoms with Crippen molar-refractivity contribution >= 4 is 11.7 Å². The molecule has 2 atom stereocenters. The minimum absolute atomic E-state index is 0.00759. The lowest BCUT2D eigenvalue weighted by atomic mass is 9.66. The summed E-state index contributed by atoms with van der Waals surface area (Å²) in [5.74, 6) is -0.301. The van der Waals surface area contributed by atoms with E-state index in [1.807, 2.05) is 30.3 Å². The molecule has 0 radical (unpaired) electrons. The summed E-state index contributed by atoms with van der Waals surface area (Å²) in [6, 6.07) is 15.9. The highest BCUT2D eigenvalue weighted by Gasteiger charge is 2.60. The summed E-state index contributed by atoms with van der Waals surface area (Å²) in [7, 11) is 0. The van der Waals surface area contributed by atoms with Crippen LogP contribution in [0.4, 0.5) is 5.69 Å². The molecule has 0 bridgehead atoms. The fourth-order valence-corrected chi connectivity index (χ4v) is 3.40. The van der Waals surface area contributed by atoms with Crippen molar-refractivity contribution in [3.8, 4) is 0 Å². The number of nitro groups is 1. The van der Waals surface area contributed by atoms with Gasteiger partial charge in [0.15, 0.2) is 6.10 Å². The van der Waals surface area contributed by atoms with Gasteiger partial charge in [-0.2, -0.15) is 0 Å². The molecule has 0 aromatic heterocycles. The van der Waals surface area contributed by atoms with Gasteiger partial charge >= 0.3 is 5.97 Å². The minimum atomic E-state index is -0.844. The molecule has 2 aromatic rings. The van der Waals surface area contributed by atoms with Crippen molar-refractivity contribution < 1.29 is 14.5 Å². The van der Waals surface area contributed by atoms with Crippen molar-refractivity contribution in [2.45, 2.75) is 37.7 Å². The van der Waals surface area contributed by atoms with E-state index < -0.39 is 16.4 Å². The van der Waals surface area contributed by atoms with Crippen LogP contribution in [0.25, 0.3) is 0 Å².